The minimum atomic E-state index is -1.08. The molecule has 0 saturated heterocycles. The predicted octanol–water partition coefficient (Wildman–Crippen LogP) is 0.505. The lowest BCUT2D eigenvalue weighted by Crippen LogP contribution is -2.48. The molecule has 7 nitrogen and oxygen atoms in total. The van der Waals surface area contributed by atoms with Gasteiger partial charge in [-0.15, -0.1) is 0 Å². The lowest BCUT2D eigenvalue weighted by Gasteiger charge is -2.21. The van der Waals surface area contributed by atoms with Crippen molar-refractivity contribution in [3.63, 3.8) is 0 Å². The van der Waals surface area contributed by atoms with Crippen molar-refractivity contribution in [3.8, 4) is 0 Å². The number of hydrogen-bond acceptors (Lipinski definition) is 4. The fraction of sp³-hybridized carbons (Fsp3) is 0.615. The summed E-state index contributed by atoms with van der Waals surface area (Å²) in [5, 5.41) is 25.2. The molecule has 0 aromatic carbocycles. The van der Waals surface area contributed by atoms with Gasteiger partial charge in [0.05, 0.1) is 5.69 Å². The summed E-state index contributed by atoms with van der Waals surface area (Å²) in [5.41, 5.74) is 0.612. The van der Waals surface area contributed by atoms with E-state index in [-0.39, 0.29) is 12.3 Å². The number of aryl methyl sites for hydroxylation is 1. The molecule has 0 aliphatic rings. The molecule has 1 aromatic rings. The zero-order chi connectivity index (χ0) is 15.3. The lowest BCUT2D eigenvalue weighted by molar-refractivity contribution is -0.142. The fourth-order valence-electron chi connectivity index (χ4n) is 1.95. The monoisotopic (exact) mass is 283 g/mol. The Morgan fingerprint density at radius 3 is 2.30 bits per heavy atom. The average molecular weight is 283 g/mol. The van der Waals surface area contributed by atoms with Gasteiger partial charge in [-0.2, -0.15) is 5.10 Å². The Bertz CT molecular complexity index is 470. The Morgan fingerprint density at radius 1 is 1.30 bits per heavy atom. The number of nitrogens with zero attached hydrogens (tertiary/aromatic N) is 2. The zero-order valence-electron chi connectivity index (χ0n) is 11.9. The van der Waals surface area contributed by atoms with Crippen molar-refractivity contribution in [1.82, 2.24) is 15.1 Å². The van der Waals surface area contributed by atoms with Crippen LogP contribution in [0.2, 0.25) is 0 Å². The Balaban J connectivity index is 2.74. The number of carboxylic acid groups (broad SMARTS) is 2. The van der Waals surface area contributed by atoms with Crippen LogP contribution in [0.1, 0.15) is 26.0 Å². The van der Waals surface area contributed by atoms with Gasteiger partial charge in [0.25, 0.3) is 0 Å². The summed E-state index contributed by atoms with van der Waals surface area (Å²) in [6.07, 6.45) is 2.25. The largest absolute Gasteiger partial charge is 0.480 e. The maximum absolute atomic E-state index is 11.3. The number of aromatic nitrogens is 2. The van der Waals surface area contributed by atoms with E-state index in [1.54, 1.807) is 24.0 Å². The molecule has 20 heavy (non-hydrogen) atoms. The van der Waals surface area contributed by atoms with Gasteiger partial charge in [-0.3, -0.25) is 19.6 Å². The summed E-state index contributed by atoms with van der Waals surface area (Å²) >= 11 is 0. The Morgan fingerprint density at radius 2 is 1.90 bits per heavy atom. The molecule has 1 heterocycles. The molecule has 0 radical (unpaired) electrons. The van der Waals surface area contributed by atoms with Gasteiger partial charge in [0.15, 0.2) is 0 Å². The van der Waals surface area contributed by atoms with E-state index in [4.69, 9.17) is 5.11 Å². The molecule has 0 aliphatic heterocycles. The van der Waals surface area contributed by atoms with Gasteiger partial charge >= 0.3 is 11.9 Å². The van der Waals surface area contributed by atoms with Crippen molar-refractivity contribution >= 4 is 11.9 Å². The molecular formula is C13H21N3O4. The second-order valence-electron chi connectivity index (χ2n) is 5.26. The molecule has 0 amide bonds. The van der Waals surface area contributed by atoms with Crippen LogP contribution in [-0.4, -0.2) is 44.0 Å². The highest BCUT2D eigenvalue weighted by molar-refractivity contribution is 5.77. The normalized spacial score (nSPS) is 14.2. The first-order chi connectivity index (χ1) is 9.29. The van der Waals surface area contributed by atoms with Crippen LogP contribution in [0.15, 0.2) is 12.3 Å². The van der Waals surface area contributed by atoms with E-state index in [1.807, 2.05) is 13.8 Å². The van der Waals surface area contributed by atoms with E-state index in [9.17, 15) is 14.7 Å². The van der Waals surface area contributed by atoms with E-state index in [2.05, 4.69) is 10.4 Å². The topological polar surface area (TPSA) is 104 Å². The average Bonchev–Trinajstić information content (AvgIpc) is 2.72. The first-order valence-corrected chi connectivity index (χ1v) is 6.49. The van der Waals surface area contributed by atoms with Gasteiger partial charge in [-0.05, 0) is 18.4 Å². The first-order valence-electron chi connectivity index (χ1n) is 6.49. The number of rotatable bonds is 8. The molecule has 0 saturated carbocycles. The second kappa shape index (κ2) is 7.04. The van der Waals surface area contributed by atoms with Gasteiger partial charge in [0.1, 0.15) is 12.1 Å². The molecule has 0 fully saturated rings. The number of carbonyl (C=O) groups is 2. The third-order valence-electron chi connectivity index (χ3n) is 2.89. The Labute approximate surface area is 117 Å². The summed E-state index contributed by atoms with van der Waals surface area (Å²) in [7, 11) is 1.74. The van der Waals surface area contributed by atoms with Gasteiger partial charge in [0.2, 0.25) is 0 Å². The van der Waals surface area contributed by atoms with Crippen LogP contribution in [0.4, 0.5) is 0 Å². The van der Waals surface area contributed by atoms with Gasteiger partial charge in [0, 0.05) is 19.7 Å². The SMILES string of the molecule is CC(C)C[C@H](N[C@@H](Cc1ccn(C)n1)C(=O)O)C(=O)O. The molecule has 2 atom stereocenters. The molecule has 3 N–H and O–H groups in total. The highest BCUT2D eigenvalue weighted by atomic mass is 16.4. The minimum Gasteiger partial charge on any atom is -0.480 e. The third kappa shape index (κ3) is 5.00. The Hall–Kier alpha value is -1.89. The molecule has 112 valence electrons. The zero-order valence-corrected chi connectivity index (χ0v) is 11.9. The number of carboxylic acids is 2. The molecule has 0 aliphatic carbocycles. The van der Waals surface area contributed by atoms with E-state index in [0.717, 1.165) is 0 Å². The van der Waals surface area contributed by atoms with Crippen LogP contribution in [-0.2, 0) is 23.1 Å². The van der Waals surface area contributed by atoms with Crippen LogP contribution < -0.4 is 5.32 Å². The predicted molar refractivity (Wildman–Crippen MR) is 72.4 cm³/mol. The first kappa shape index (κ1) is 16.2. The van der Waals surface area contributed by atoms with Crippen LogP contribution in [0.3, 0.4) is 0 Å². The molecular weight excluding hydrogens is 262 g/mol. The minimum absolute atomic E-state index is 0.151. The molecule has 0 unspecified atom stereocenters. The van der Waals surface area contributed by atoms with Crippen LogP contribution in [0.5, 0.6) is 0 Å². The smallest absolute Gasteiger partial charge is 0.321 e. The van der Waals surface area contributed by atoms with Crippen LogP contribution in [0.25, 0.3) is 0 Å². The Kier molecular flexibility index (Phi) is 5.69. The van der Waals surface area contributed by atoms with Crippen LogP contribution in [0, 0.1) is 5.92 Å². The maximum Gasteiger partial charge on any atom is 0.321 e. The van der Waals surface area contributed by atoms with E-state index >= 15 is 0 Å². The number of nitrogens with one attached hydrogen (secondary N) is 1. The van der Waals surface area contributed by atoms with Gasteiger partial charge in [-0.25, -0.2) is 0 Å². The summed E-state index contributed by atoms with van der Waals surface area (Å²) in [6.45, 7) is 3.79. The van der Waals surface area contributed by atoms with Gasteiger partial charge in [-0.1, -0.05) is 13.8 Å². The van der Waals surface area contributed by atoms with E-state index in [1.165, 1.54) is 0 Å². The number of aliphatic carboxylic acids is 2. The maximum atomic E-state index is 11.3. The highest BCUT2D eigenvalue weighted by Gasteiger charge is 2.27. The highest BCUT2D eigenvalue weighted by Crippen LogP contribution is 2.08. The fourth-order valence-corrected chi connectivity index (χ4v) is 1.95. The molecule has 0 bridgehead atoms. The quantitative estimate of drug-likeness (QED) is 0.642. The van der Waals surface area contributed by atoms with Gasteiger partial charge < -0.3 is 10.2 Å². The molecule has 7 heteroatoms. The molecule has 0 spiro atoms. The van der Waals surface area contributed by atoms with Crippen molar-refractivity contribution in [3.05, 3.63) is 18.0 Å². The third-order valence-corrected chi connectivity index (χ3v) is 2.89. The van der Waals surface area contributed by atoms with Crippen molar-refractivity contribution in [2.24, 2.45) is 13.0 Å². The van der Waals surface area contributed by atoms with Crippen LogP contribution >= 0.6 is 0 Å². The summed E-state index contributed by atoms with van der Waals surface area (Å²) in [5.74, 6) is -1.95. The van der Waals surface area contributed by atoms with Crippen molar-refractivity contribution < 1.29 is 19.8 Å². The van der Waals surface area contributed by atoms with Crippen molar-refractivity contribution in [2.75, 3.05) is 0 Å². The molecule has 1 rings (SSSR count). The molecule has 1 aromatic heterocycles. The standard InChI is InChI=1S/C13H21N3O4/c1-8(2)6-10(12(17)18)14-11(13(19)20)7-9-4-5-16(3)15-9/h4-5,8,10-11,14H,6-7H2,1-3H3,(H,17,18)(H,19,20)/t10-,11-/m0/s1. The summed E-state index contributed by atoms with van der Waals surface area (Å²) < 4.78 is 1.58. The van der Waals surface area contributed by atoms with Crippen molar-refractivity contribution in [1.29, 1.82) is 0 Å². The summed E-state index contributed by atoms with van der Waals surface area (Å²) in [4.78, 5) is 22.4. The van der Waals surface area contributed by atoms with Crippen molar-refractivity contribution in [2.45, 2.75) is 38.8 Å². The number of hydrogen-bond donors (Lipinski definition) is 3. The van der Waals surface area contributed by atoms with E-state index in [0.29, 0.717) is 12.1 Å². The second-order valence-corrected chi connectivity index (χ2v) is 5.26. The lowest BCUT2D eigenvalue weighted by atomic mass is 10.0. The summed E-state index contributed by atoms with van der Waals surface area (Å²) in [6, 6.07) is -0.125. The van der Waals surface area contributed by atoms with E-state index < -0.39 is 24.0 Å².